The van der Waals surface area contributed by atoms with E-state index in [0.717, 1.165) is 29.1 Å². The first kappa shape index (κ1) is 18.0. The van der Waals surface area contributed by atoms with Gasteiger partial charge in [0.25, 0.3) is 5.91 Å². The van der Waals surface area contributed by atoms with Crippen LogP contribution in [0.25, 0.3) is 0 Å². The first-order valence-corrected chi connectivity index (χ1v) is 8.21. The lowest BCUT2D eigenvalue weighted by atomic mass is 10.1. The highest BCUT2D eigenvalue weighted by molar-refractivity contribution is 5.94. The lowest BCUT2D eigenvalue weighted by Gasteiger charge is -2.09. The monoisotopic (exact) mass is 330 g/mol. The molecule has 1 aromatic carbocycles. The van der Waals surface area contributed by atoms with Crippen molar-refractivity contribution < 1.29 is 9.53 Å². The summed E-state index contributed by atoms with van der Waals surface area (Å²) in [7, 11) is 3.52. The molecule has 24 heavy (non-hydrogen) atoms. The van der Waals surface area contributed by atoms with Gasteiger partial charge in [0.2, 0.25) is 5.88 Å². The molecule has 1 amide bonds. The van der Waals surface area contributed by atoms with E-state index in [2.05, 4.69) is 15.7 Å². The standard InChI is InChI=1S/C18H26N4O2/c1-5-9-20-17(23)15-8-6-7-14(10-15)11-19-12-16-13(2)21-22(3)18(16)24-4/h6-8,10,19H,5,9,11-12H2,1-4H3,(H,20,23). The summed E-state index contributed by atoms with van der Waals surface area (Å²) in [6.45, 7) is 6.04. The number of nitrogens with zero attached hydrogens (tertiary/aromatic N) is 2. The summed E-state index contributed by atoms with van der Waals surface area (Å²) in [5.74, 6) is 0.746. The maximum absolute atomic E-state index is 12.0. The number of hydrogen-bond acceptors (Lipinski definition) is 4. The number of rotatable bonds is 8. The molecular weight excluding hydrogens is 304 g/mol. The Kier molecular flexibility index (Phi) is 6.37. The molecule has 0 fully saturated rings. The Morgan fingerprint density at radius 1 is 1.33 bits per heavy atom. The number of carbonyl (C=O) groups is 1. The summed E-state index contributed by atoms with van der Waals surface area (Å²) < 4.78 is 7.14. The molecule has 0 aliphatic heterocycles. The quantitative estimate of drug-likeness (QED) is 0.778. The fourth-order valence-electron chi connectivity index (χ4n) is 2.63. The maximum atomic E-state index is 12.0. The Morgan fingerprint density at radius 3 is 2.83 bits per heavy atom. The van der Waals surface area contributed by atoms with Gasteiger partial charge in [0.1, 0.15) is 0 Å². The summed E-state index contributed by atoms with van der Waals surface area (Å²) in [6.07, 6.45) is 0.930. The van der Waals surface area contributed by atoms with Crippen LogP contribution in [0.5, 0.6) is 5.88 Å². The first-order valence-electron chi connectivity index (χ1n) is 8.21. The smallest absolute Gasteiger partial charge is 0.251 e. The number of aryl methyl sites for hydroxylation is 2. The van der Waals surface area contributed by atoms with E-state index in [4.69, 9.17) is 4.74 Å². The SMILES string of the molecule is CCCNC(=O)c1cccc(CNCc2c(C)nn(C)c2OC)c1. The normalized spacial score (nSPS) is 10.7. The fourth-order valence-corrected chi connectivity index (χ4v) is 2.63. The second-order valence-electron chi connectivity index (χ2n) is 5.76. The number of nitrogens with one attached hydrogen (secondary N) is 2. The third-order valence-electron chi connectivity index (χ3n) is 3.84. The van der Waals surface area contributed by atoms with Gasteiger partial charge in [-0.2, -0.15) is 5.10 Å². The number of ether oxygens (including phenoxy) is 1. The van der Waals surface area contributed by atoms with E-state index in [0.29, 0.717) is 25.2 Å². The van der Waals surface area contributed by atoms with Crippen molar-refractivity contribution in [2.45, 2.75) is 33.4 Å². The zero-order valence-corrected chi connectivity index (χ0v) is 14.8. The Morgan fingerprint density at radius 2 is 2.12 bits per heavy atom. The van der Waals surface area contributed by atoms with E-state index in [1.54, 1.807) is 11.8 Å². The van der Waals surface area contributed by atoms with Crippen LogP contribution in [0.3, 0.4) is 0 Å². The Bertz CT molecular complexity index is 694. The minimum Gasteiger partial charge on any atom is -0.481 e. The van der Waals surface area contributed by atoms with Crippen LogP contribution in [0, 0.1) is 6.92 Å². The van der Waals surface area contributed by atoms with Gasteiger partial charge in [-0.25, -0.2) is 4.68 Å². The number of hydrogen-bond donors (Lipinski definition) is 2. The minimum atomic E-state index is -0.0246. The highest BCUT2D eigenvalue weighted by atomic mass is 16.5. The van der Waals surface area contributed by atoms with Crippen LogP contribution in [0.15, 0.2) is 24.3 Å². The molecule has 6 nitrogen and oxygen atoms in total. The summed E-state index contributed by atoms with van der Waals surface area (Å²) in [5, 5.41) is 10.7. The predicted octanol–water partition coefficient (Wildman–Crippen LogP) is 2.17. The highest BCUT2D eigenvalue weighted by Gasteiger charge is 2.13. The van der Waals surface area contributed by atoms with Crippen molar-refractivity contribution in [1.29, 1.82) is 0 Å². The summed E-state index contributed by atoms with van der Waals surface area (Å²) in [6, 6.07) is 7.68. The van der Waals surface area contributed by atoms with Crippen LogP contribution in [0.4, 0.5) is 0 Å². The summed E-state index contributed by atoms with van der Waals surface area (Å²) in [4.78, 5) is 12.0. The van der Waals surface area contributed by atoms with Crippen molar-refractivity contribution in [3.63, 3.8) is 0 Å². The van der Waals surface area contributed by atoms with Crippen molar-refractivity contribution in [2.24, 2.45) is 7.05 Å². The van der Waals surface area contributed by atoms with Crippen LogP contribution in [-0.4, -0.2) is 29.3 Å². The third kappa shape index (κ3) is 4.35. The van der Waals surface area contributed by atoms with Gasteiger partial charge < -0.3 is 15.4 Å². The van der Waals surface area contributed by atoms with Gasteiger partial charge in [0.05, 0.1) is 18.4 Å². The van der Waals surface area contributed by atoms with Crippen LogP contribution in [0.1, 0.15) is 40.5 Å². The third-order valence-corrected chi connectivity index (χ3v) is 3.84. The van der Waals surface area contributed by atoms with Crippen molar-refractivity contribution >= 4 is 5.91 Å². The van der Waals surface area contributed by atoms with Crippen molar-refractivity contribution in [1.82, 2.24) is 20.4 Å². The number of methoxy groups -OCH3 is 1. The molecule has 0 aliphatic rings. The Labute approximate surface area is 143 Å². The van der Waals surface area contributed by atoms with Crippen LogP contribution in [0.2, 0.25) is 0 Å². The molecule has 0 unspecified atom stereocenters. The highest BCUT2D eigenvalue weighted by Crippen LogP contribution is 2.20. The molecule has 1 heterocycles. The molecule has 2 N–H and O–H groups in total. The van der Waals surface area contributed by atoms with Crippen LogP contribution < -0.4 is 15.4 Å². The average Bonchev–Trinajstić information content (AvgIpc) is 2.86. The summed E-state index contributed by atoms with van der Waals surface area (Å²) >= 11 is 0. The molecule has 130 valence electrons. The van der Waals surface area contributed by atoms with E-state index in [1.165, 1.54) is 0 Å². The van der Waals surface area contributed by atoms with Crippen LogP contribution in [-0.2, 0) is 20.1 Å². The second-order valence-corrected chi connectivity index (χ2v) is 5.76. The fraction of sp³-hybridized carbons (Fsp3) is 0.444. The van der Waals surface area contributed by atoms with Gasteiger partial charge >= 0.3 is 0 Å². The molecule has 2 rings (SSSR count). The maximum Gasteiger partial charge on any atom is 0.251 e. The van der Waals surface area contributed by atoms with E-state index in [9.17, 15) is 4.79 Å². The largest absolute Gasteiger partial charge is 0.481 e. The van der Waals surface area contributed by atoms with Crippen molar-refractivity contribution in [2.75, 3.05) is 13.7 Å². The Balaban J connectivity index is 1.97. The van der Waals surface area contributed by atoms with Gasteiger partial charge in [-0.05, 0) is 31.0 Å². The topological polar surface area (TPSA) is 68.2 Å². The molecule has 0 saturated heterocycles. The minimum absolute atomic E-state index is 0.0246. The molecule has 6 heteroatoms. The van der Waals surface area contributed by atoms with E-state index in [-0.39, 0.29) is 5.91 Å². The average molecular weight is 330 g/mol. The molecule has 0 saturated carbocycles. The molecule has 1 aromatic heterocycles. The van der Waals surface area contributed by atoms with E-state index >= 15 is 0 Å². The lowest BCUT2D eigenvalue weighted by Crippen LogP contribution is -2.24. The zero-order chi connectivity index (χ0) is 17.5. The van der Waals surface area contributed by atoms with E-state index in [1.807, 2.05) is 45.2 Å². The van der Waals surface area contributed by atoms with Gasteiger partial charge in [-0.1, -0.05) is 19.1 Å². The van der Waals surface area contributed by atoms with Crippen molar-refractivity contribution in [3.05, 3.63) is 46.6 Å². The van der Waals surface area contributed by atoms with Gasteiger partial charge in [-0.15, -0.1) is 0 Å². The molecule has 2 aromatic rings. The number of benzene rings is 1. The van der Waals surface area contributed by atoms with E-state index < -0.39 is 0 Å². The first-order chi connectivity index (χ1) is 11.6. The molecular formula is C18H26N4O2. The predicted molar refractivity (Wildman–Crippen MR) is 94.1 cm³/mol. The van der Waals surface area contributed by atoms with Gasteiger partial charge in [0.15, 0.2) is 0 Å². The molecule has 0 spiro atoms. The molecule has 0 atom stereocenters. The van der Waals surface area contributed by atoms with Gasteiger partial charge in [0, 0.05) is 32.2 Å². The van der Waals surface area contributed by atoms with Crippen LogP contribution >= 0.6 is 0 Å². The van der Waals surface area contributed by atoms with Gasteiger partial charge in [-0.3, -0.25) is 4.79 Å². The second kappa shape index (κ2) is 8.49. The number of aromatic nitrogens is 2. The summed E-state index contributed by atoms with van der Waals surface area (Å²) in [5.41, 5.74) is 3.77. The van der Waals surface area contributed by atoms with Crippen molar-refractivity contribution in [3.8, 4) is 5.88 Å². The number of carbonyl (C=O) groups excluding carboxylic acids is 1. The molecule has 0 radical (unpaired) electrons. The Hall–Kier alpha value is -2.34. The molecule has 0 bridgehead atoms. The molecule has 0 aliphatic carbocycles. The lowest BCUT2D eigenvalue weighted by molar-refractivity contribution is 0.0953. The zero-order valence-electron chi connectivity index (χ0n) is 14.8. The number of amides is 1.